The largest absolute Gasteiger partial charge is 0.337 e. The minimum atomic E-state index is -4.00. The fourth-order valence-electron chi connectivity index (χ4n) is 3.52. The first-order valence-electron chi connectivity index (χ1n) is 9.75. The molecule has 0 aliphatic rings. The predicted octanol–water partition coefficient (Wildman–Crippen LogP) is 4.80. The average molecular weight is 463 g/mol. The number of sulfonamides is 1. The topological polar surface area (TPSA) is 110 Å². The molecule has 0 radical (unpaired) electrons. The number of fused-ring (bicyclic) bond motifs is 2. The first-order valence-corrected chi connectivity index (χ1v) is 12.0. The van der Waals surface area contributed by atoms with E-state index in [1.165, 1.54) is 6.07 Å². The van der Waals surface area contributed by atoms with E-state index in [9.17, 15) is 8.42 Å². The van der Waals surface area contributed by atoms with Gasteiger partial charge in [-0.1, -0.05) is 24.3 Å². The Morgan fingerprint density at radius 2 is 1.44 bits per heavy atom. The quantitative estimate of drug-likeness (QED) is 0.386. The number of nitrogens with one attached hydrogen (secondary N) is 2. The molecule has 10 heteroatoms. The normalized spacial score (nSPS) is 11.7. The molecular weight excluding hydrogens is 444 g/mol. The van der Waals surface area contributed by atoms with E-state index in [2.05, 4.69) is 34.8 Å². The first-order chi connectivity index (χ1) is 15.4. The Morgan fingerprint density at radius 3 is 2.16 bits per heavy atom. The summed E-state index contributed by atoms with van der Waals surface area (Å²) in [7, 11) is -4.00. The molecule has 0 spiro atoms. The predicted molar refractivity (Wildman–Crippen MR) is 127 cm³/mol. The number of aryl methyl sites for hydroxylation is 2. The molecule has 3 aromatic carbocycles. The molecule has 0 aliphatic heterocycles. The highest BCUT2D eigenvalue weighted by molar-refractivity contribution is 7.93. The minimum absolute atomic E-state index is 0.0380. The van der Waals surface area contributed by atoms with Gasteiger partial charge in [-0.25, -0.2) is 18.4 Å². The van der Waals surface area contributed by atoms with Crippen molar-refractivity contribution >= 4 is 61.1 Å². The molecule has 0 saturated heterocycles. The molecule has 0 fully saturated rings. The van der Waals surface area contributed by atoms with Gasteiger partial charge in [0, 0.05) is 5.69 Å². The van der Waals surface area contributed by atoms with E-state index in [0.29, 0.717) is 27.9 Å². The van der Waals surface area contributed by atoms with E-state index in [-0.39, 0.29) is 10.7 Å². The first kappa shape index (κ1) is 20.3. The zero-order chi connectivity index (χ0) is 22.3. The van der Waals surface area contributed by atoms with Crippen molar-refractivity contribution in [2.45, 2.75) is 18.7 Å². The van der Waals surface area contributed by atoms with Crippen LogP contribution in [0.15, 0.2) is 65.6 Å². The molecule has 8 nitrogen and oxygen atoms in total. The molecule has 160 valence electrons. The lowest BCUT2D eigenvalue weighted by Gasteiger charge is -2.14. The van der Waals surface area contributed by atoms with Crippen LogP contribution in [0.3, 0.4) is 0 Å². The number of rotatable bonds is 5. The van der Waals surface area contributed by atoms with E-state index in [4.69, 9.17) is 0 Å². The van der Waals surface area contributed by atoms with Crippen LogP contribution in [-0.2, 0) is 10.0 Å². The van der Waals surface area contributed by atoms with Crippen molar-refractivity contribution in [2.24, 2.45) is 0 Å². The summed E-state index contributed by atoms with van der Waals surface area (Å²) >= 11 is 0.966. The van der Waals surface area contributed by atoms with Crippen LogP contribution in [0.2, 0.25) is 0 Å². The maximum atomic E-state index is 13.3. The highest BCUT2D eigenvalue weighted by Gasteiger charge is 2.23. The van der Waals surface area contributed by atoms with Crippen molar-refractivity contribution in [1.82, 2.24) is 18.7 Å². The van der Waals surface area contributed by atoms with E-state index in [0.717, 1.165) is 28.5 Å². The maximum absolute atomic E-state index is 13.3. The van der Waals surface area contributed by atoms with Gasteiger partial charge in [0.15, 0.2) is 11.6 Å². The Bertz CT molecular complexity index is 1560. The monoisotopic (exact) mass is 462 g/mol. The van der Waals surface area contributed by atoms with Gasteiger partial charge in [-0.15, -0.1) is 0 Å². The highest BCUT2D eigenvalue weighted by Crippen LogP contribution is 2.29. The van der Waals surface area contributed by atoms with Crippen LogP contribution in [-0.4, -0.2) is 27.1 Å². The van der Waals surface area contributed by atoms with Gasteiger partial charge in [0.05, 0.1) is 22.8 Å². The Balaban J connectivity index is 1.62. The standard InChI is InChI=1S/C22H18N6O2S2/c1-13-10-14(2)12-15(11-13)23-21-22(25-17-7-4-3-6-16(17)24-21)28-32(29,30)19-9-5-8-18-20(19)27-31-26-18/h3-12H,1-2H3,(H,23,24)(H,25,28). The third-order valence-corrected chi connectivity index (χ3v) is 6.74. The van der Waals surface area contributed by atoms with Crippen molar-refractivity contribution < 1.29 is 8.42 Å². The third-order valence-electron chi connectivity index (χ3n) is 4.82. The molecule has 5 rings (SSSR count). The van der Waals surface area contributed by atoms with Gasteiger partial charge in [-0.2, -0.15) is 8.75 Å². The van der Waals surface area contributed by atoms with Gasteiger partial charge in [0.25, 0.3) is 10.0 Å². The highest BCUT2D eigenvalue weighted by atomic mass is 32.2. The van der Waals surface area contributed by atoms with Gasteiger partial charge in [-0.3, -0.25) is 4.72 Å². The number of benzene rings is 3. The Labute approximate surface area is 188 Å². The minimum Gasteiger partial charge on any atom is -0.337 e. The SMILES string of the molecule is Cc1cc(C)cc(Nc2nc3ccccc3nc2NS(=O)(=O)c2cccc3nsnc23)c1. The number of hydrogen-bond acceptors (Lipinski definition) is 8. The smallest absolute Gasteiger partial charge is 0.265 e. The lowest BCUT2D eigenvalue weighted by molar-refractivity contribution is 0.602. The maximum Gasteiger partial charge on any atom is 0.265 e. The van der Waals surface area contributed by atoms with Gasteiger partial charge in [0.2, 0.25) is 0 Å². The van der Waals surface area contributed by atoms with E-state index >= 15 is 0 Å². The molecule has 2 heterocycles. The third kappa shape index (κ3) is 3.85. The van der Waals surface area contributed by atoms with E-state index < -0.39 is 10.0 Å². The van der Waals surface area contributed by atoms with Crippen molar-refractivity contribution in [3.63, 3.8) is 0 Å². The fourth-order valence-corrected chi connectivity index (χ4v) is 5.30. The molecular formula is C22H18N6O2S2. The molecule has 0 aliphatic carbocycles. The second kappa shape index (κ2) is 7.81. The van der Waals surface area contributed by atoms with Crippen molar-refractivity contribution in [3.05, 3.63) is 71.8 Å². The number of para-hydroxylation sites is 2. The van der Waals surface area contributed by atoms with Gasteiger partial charge in [0.1, 0.15) is 15.9 Å². The van der Waals surface area contributed by atoms with Gasteiger partial charge in [-0.05, 0) is 61.4 Å². The van der Waals surface area contributed by atoms with E-state index in [1.54, 1.807) is 18.2 Å². The lowest BCUT2D eigenvalue weighted by atomic mass is 10.1. The van der Waals surface area contributed by atoms with Gasteiger partial charge < -0.3 is 5.32 Å². The summed E-state index contributed by atoms with van der Waals surface area (Å²) in [4.78, 5) is 9.22. The Morgan fingerprint density at radius 1 is 0.781 bits per heavy atom. The molecule has 0 saturated carbocycles. The molecule has 0 amide bonds. The second-order valence-electron chi connectivity index (χ2n) is 7.40. The summed E-state index contributed by atoms with van der Waals surface area (Å²) in [5, 5.41) is 3.23. The molecule has 0 unspecified atom stereocenters. The van der Waals surface area contributed by atoms with Crippen LogP contribution in [0.1, 0.15) is 11.1 Å². The molecule has 0 bridgehead atoms. The van der Waals surface area contributed by atoms with Crippen molar-refractivity contribution in [2.75, 3.05) is 10.0 Å². The number of anilines is 3. The van der Waals surface area contributed by atoms with Crippen molar-refractivity contribution in [3.8, 4) is 0 Å². The number of nitrogens with zero attached hydrogens (tertiary/aromatic N) is 4. The molecule has 0 atom stereocenters. The van der Waals surface area contributed by atoms with Gasteiger partial charge >= 0.3 is 0 Å². The summed E-state index contributed by atoms with van der Waals surface area (Å²) in [6.45, 7) is 3.99. The number of aromatic nitrogens is 4. The second-order valence-corrected chi connectivity index (χ2v) is 9.58. The summed E-state index contributed by atoms with van der Waals surface area (Å²) in [5.41, 5.74) is 5.01. The zero-order valence-electron chi connectivity index (χ0n) is 17.2. The molecule has 32 heavy (non-hydrogen) atoms. The summed E-state index contributed by atoms with van der Waals surface area (Å²) in [5.74, 6) is 0.406. The zero-order valence-corrected chi connectivity index (χ0v) is 18.8. The summed E-state index contributed by atoms with van der Waals surface area (Å²) in [6, 6.07) is 18.1. The van der Waals surface area contributed by atoms with Crippen LogP contribution in [0, 0.1) is 13.8 Å². The Kier molecular flexibility index (Phi) is 4.95. The molecule has 5 aromatic rings. The van der Waals surface area contributed by atoms with Crippen LogP contribution in [0.25, 0.3) is 22.1 Å². The van der Waals surface area contributed by atoms with Crippen LogP contribution in [0.5, 0.6) is 0 Å². The van der Waals surface area contributed by atoms with Crippen molar-refractivity contribution in [1.29, 1.82) is 0 Å². The fraction of sp³-hybridized carbons (Fsp3) is 0.0909. The number of hydrogen-bond donors (Lipinski definition) is 2. The average Bonchev–Trinajstić information content (AvgIpc) is 3.22. The molecule has 2 aromatic heterocycles. The summed E-state index contributed by atoms with van der Waals surface area (Å²) in [6.07, 6.45) is 0. The summed E-state index contributed by atoms with van der Waals surface area (Å²) < 4.78 is 37.5. The van der Waals surface area contributed by atoms with E-state index in [1.807, 2.05) is 44.2 Å². The molecule has 2 N–H and O–H groups in total. The van der Waals surface area contributed by atoms with Crippen LogP contribution in [0.4, 0.5) is 17.3 Å². The van der Waals surface area contributed by atoms with Crippen LogP contribution >= 0.6 is 11.7 Å². The van der Waals surface area contributed by atoms with Crippen LogP contribution < -0.4 is 10.0 Å². The Hall–Kier alpha value is -3.63. The lowest BCUT2D eigenvalue weighted by Crippen LogP contribution is -2.16.